The third-order valence-corrected chi connectivity index (χ3v) is 3.11. The van der Waals surface area contributed by atoms with Crippen molar-refractivity contribution in [2.24, 2.45) is 0 Å². The van der Waals surface area contributed by atoms with Gasteiger partial charge in [-0.3, -0.25) is 4.79 Å². The van der Waals surface area contributed by atoms with Crippen LogP contribution in [-0.4, -0.2) is 34.0 Å². The fraction of sp³-hybridized carbons (Fsp3) is 0.929. The molecule has 3 N–H and O–H groups in total. The van der Waals surface area contributed by atoms with E-state index in [1.165, 1.54) is 32.1 Å². The molecule has 0 radical (unpaired) electrons. The van der Waals surface area contributed by atoms with Gasteiger partial charge in [0.1, 0.15) is 0 Å². The first-order valence-electron chi connectivity index (χ1n) is 7.17. The van der Waals surface area contributed by atoms with Crippen LogP contribution in [0.2, 0.25) is 0 Å². The highest BCUT2D eigenvalue weighted by atomic mass is 16.4. The number of aliphatic hydroxyl groups excluding tert-OH is 2. The van der Waals surface area contributed by atoms with Gasteiger partial charge in [-0.2, -0.15) is 0 Å². The maximum atomic E-state index is 10.3. The molecule has 0 aromatic rings. The number of hydrogen-bond donors (Lipinski definition) is 3. The van der Waals surface area contributed by atoms with E-state index in [1.54, 1.807) is 0 Å². The summed E-state index contributed by atoms with van der Waals surface area (Å²) in [6.45, 7) is 0.304. The zero-order valence-electron chi connectivity index (χ0n) is 11.3. The average Bonchev–Trinajstić information content (AvgIpc) is 2.30. The molecule has 0 rings (SSSR count). The molecule has 108 valence electrons. The van der Waals surface area contributed by atoms with Crippen LogP contribution in [0.5, 0.6) is 0 Å². The van der Waals surface area contributed by atoms with Crippen molar-refractivity contribution in [2.45, 2.75) is 76.7 Å². The second kappa shape index (κ2) is 12.8. The number of aliphatic hydroxyl groups is 2. The van der Waals surface area contributed by atoms with Crippen molar-refractivity contribution in [3.05, 3.63) is 0 Å². The van der Waals surface area contributed by atoms with E-state index < -0.39 is 12.1 Å². The quantitative estimate of drug-likeness (QED) is 0.445. The molecule has 0 saturated heterocycles. The van der Waals surface area contributed by atoms with Crippen LogP contribution < -0.4 is 0 Å². The van der Waals surface area contributed by atoms with Crippen molar-refractivity contribution in [2.75, 3.05) is 6.61 Å². The summed E-state index contributed by atoms with van der Waals surface area (Å²) in [5.41, 5.74) is 0. The molecule has 1 unspecified atom stereocenters. The van der Waals surface area contributed by atoms with Crippen LogP contribution in [0.25, 0.3) is 0 Å². The highest BCUT2D eigenvalue weighted by Crippen LogP contribution is 2.12. The molecule has 4 heteroatoms. The first-order chi connectivity index (χ1) is 8.66. The van der Waals surface area contributed by atoms with Crippen molar-refractivity contribution in [1.29, 1.82) is 0 Å². The molecule has 0 aliphatic rings. The molecule has 18 heavy (non-hydrogen) atoms. The van der Waals surface area contributed by atoms with Crippen molar-refractivity contribution in [3.8, 4) is 0 Å². The maximum absolute atomic E-state index is 10.3. The molecule has 4 nitrogen and oxygen atoms in total. The van der Waals surface area contributed by atoms with Crippen LogP contribution in [0.4, 0.5) is 0 Å². The molecule has 0 aliphatic heterocycles. The lowest BCUT2D eigenvalue weighted by Crippen LogP contribution is -2.12. The van der Waals surface area contributed by atoms with Crippen LogP contribution in [0.1, 0.15) is 70.6 Å². The average molecular weight is 260 g/mol. The molecule has 0 aliphatic carbocycles. The Hall–Kier alpha value is -0.610. The van der Waals surface area contributed by atoms with E-state index in [9.17, 15) is 9.90 Å². The number of aliphatic carboxylic acids is 1. The molecule has 0 saturated carbocycles. The van der Waals surface area contributed by atoms with Crippen molar-refractivity contribution in [3.63, 3.8) is 0 Å². The van der Waals surface area contributed by atoms with E-state index in [1.807, 2.05) is 0 Å². The summed E-state index contributed by atoms with van der Waals surface area (Å²) < 4.78 is 0. The van der Waals surface area contributed by atoms with Gasteiger partial charge in [0.25, 0.3) is 0 Å². The number of rotatable bonds is 13. The topological polar surface area (TPSA) is 77.8 Å². The smallest absolute Gasteiger partial charge is 0.305 e. The second-order valence-electron chi connectivity index (χ2n) is 4.95. The lowest BCUT2D eigenvalue weighted by molar-refractivity contribution is -0.139. The normalized spacial score (nSPS) is 12.6. The Labute approximate surface area is 110 Å². The molecule has 0 aromatic carbocycles. The third-order valence-electron chi connectivity index (χ3n) is 3.11. The number of hydrogen-bond acceptors (Lipinski definition) is 3. The van der Waals surface area contributed by atoms with Crippen molar-refractivity contribution >= 4 is 5.97 Å². The van der Waals surface area contributed by atoms with E-state index in [0.717, 1.165) is 25.7 Å². The number of unbranched alkanes of at least 4 members (excludes halogenated alkanes) is 8. The van der Waals surface area contributed by atoms with Crippen LogP contribution in [0, 0.1) is 0 Å². The fourth-order valence-electron chi connectivity index (χ4n) is 2.03. The van der Waals surface area contributed by atoms with E-state index >= 15 is 0 Å². The van der Waals surface area contributed by atoms with Crippen LogP contribution in [0.15, 0.2) is 0 Å². The van der Waals surface area contributed by atoms with Crippen molar-refractivity contribution < 1.29 is 20.1 Å². The van der Waals surface area contributed by atoms with Gasteiger partial charge in [-0.05, 0) is 12.8 Å². The first-order valence-corrected chi connectivity index (χ1v) is 7.17. The Bertz CT molecular complexity index is 194. The molecule has 0 aromatic heterocycles. The van der Waals surface area contributed by atoms with Gasteiger partial charge in [0.15, 0.2) is 0 Å². The first kappa shape index (κ1) is 17.4. The summed E-state index contributed by atoms with van der Waals surface area (Å²) in [5, 5.41) is 26.4. The standard InChI is InChI=1S/C14H28O4/c15-11-9-7-5-3-1-2-4-6-8-10-13(16)12-14(17)18/h13,15-16H,1-12H2,(H,17,18). The SMILES string of the molecule is O=C(O)CC(O)CCCCCCCCCCCO. The summed E-state index contributed by atoms with van der Waals surface area (Å²) in [6, 6.07) is 0. The number of carboxylic acid groups (broad SMARTS) is 1. The molecule has 0 spiro atoms. The van der Waals surface area contributed by atoms with Crippen LogP contribution in [-0.2, 0) is 4.79 Å². The lowest BCUT2D eigenvalue weighted by Gasteiger charge is -2.07. The summed E-state index contributed by atoms with van der Waals surface area (Å²) >= 11 is 0. The van der Waals surface area contributed by atoms with Gasteiger partial charge in [-0.15, -0.1) is 0 Å². The molecule has 0 heterocycles. The summed E-state index contributed by atoms with van der Waals surface area (Å²) in [6.07, 6.45) is 9.89. The van der Waals surface area contributed by atoms with Crippen LogP contribution in [0.3, 0.4) is 0 Å². The Balaban J connectivity index is 3.09. The Morgan fingerprint density at radius 3 is 1.72 bits per heavy atom. The van der Waals surface area contributed by atoms with Crippen LogP contribution >= 0.6 is 0 Å². The Morgan fingerprint density at radius 2 is 1.28 bits per heavy atom. The molecule has 0 amide bonds. The van der Waals surface area contributed by atoms with Gasteiger partial charge in [0.05, 0.1) is 12.5 Å². The number of carboxylic acids is 1. The highest BCUT2D eigenvalue weighted by molar-refractivity contribution is 5.67. The largest absolute Gasteiger partial charge is 0.481 e. The minimum Gasteiger partial charge on any atom is -0.481 e. The van der Waals surface area contributed by atoms with E-state index in [4.69, 9.17) is 10.2 Å². The van der Waals surface area contributed by atoms with Gasteiger partial charge < -0.3 is 15.3 Å². The molecular formula is C14H28O4. The summed E-state index contributed by atoms with van der Waals surface area (Å²) in [4.78, 5) is 10.3. The zero-order valence-corrected chi connectivity index (χ0v) is 11.3. The predicted molar refractivity (Wildman–Crippen MR) is 71.5 cm³/mol. The number of carbonyl (C=O) groups is 1. The monoisotopic (exact) mass is 260 g/mol. The van der Waals surface area contributed by atoms with E-state index in [0.29, 0.717) is 13.0 Å². The molecule has 0 fully saturated rings. The second-order valence-corrected chi connectivity index (χ2v) is 4.95. The van der Waals surface area contributed by atoms with Gasteiger partial charge in [-0.25, -0.2) is 0 Å². The summed E-state index contributed by atoms with van der Waals surface area (Å²) in [5.74, 6) is -0.926. The minimum absolute atomic E-state index is 0.134. The Kier molecular flexibility index (Phi) is 12.4. The fourth-order valence-corrected chi connectivity index (χ4v) is 2.03. The predicted octanol–water partition coefficient (Wildman–Crippen LogP) is 2.72. The minimum atomic E-state index is -0.926. The summed E-state index contributed by atoms with van der Waals surface area (Å²) in [7, 11) is 0. The van der Waals surface area contributed by atoms with E-state index in [2.05, 4.69) is 0 Å². The van der Waals surface area contributed by atoms with E-state index in [-0.39, 0.29) is 6.42 Å². The van der Waals surface area contributed by atoms with Gasteiger partial charge in [0, 0.05) is 6.61 Å². The molecule has 1 atom stereocenters. The Morgan fingerprint density at radius 1 is 0.833 bits per heavy atom. The van der Waals surface area contributed by atoms with Crippen molar-refractivity contribution in [1.82, 2.24) is 0 Å². The molecule has 0 bridgehead atoms. The highest BCUT2D eigenvalue weighted by Gasteiger charge is 2.08. The van der Waals surface area contributed by atoms with Gasteiger partial charge >= 0.3 is 5.97 Å². The molecular weight excluding hydrogens is 232 g/mol. The third kappa shape index (κ3) is 13.5. The van der Waals surface area contributed by atoms with Gasteiger partial charge in [0.2, 0.25) is 0 Å². The maximum Gasteiger partial charge on any atom is 0.305 e. The zero-order chi connectivity index (χ0) is 13.6. The lowest BCUT2D eigenvalue weighted by atomic mass is 10.0. The van der Waals surface area contributed by atoms with Gasteiger partial charge in [-0.1, -0.05) is 51.4 Å².